The van der Waals surface area contributed by atoms with Crippen molar-refractivity contribution >= 4 is 29.6 Å². The second-order valence-corrected chi connectivity index (χ2v) is 4.83. The predicted octanol–water partition coefficient (Wildman–Crippen LogP) is 1.87. The van der Waals surface area contributed by atoms with E-state index in [4.69, 9.17) is 22.1 Å². The lowest BCUT2D eigenvalue weighted by atomic mass is 10.2. The minimum Gasteiger partial charge on any atom is -0.443 e. The standard InChI is InChI=1S/C10H16ClN5O2/c1-5-16(9(17)18-10(2,3)4)8-14-6(11)13-7(12)15-8/h5H2,1-4H3,(H2,12,13,14,15). The van der Waals surface area contributed by atoms with Gasteiger partial charge in [-0.05, 0) is 39.3 Å². The summed E-state index contributed by atoms with van der Waals surface area (Å²) in [5.74, 6) is 0.0243. The van der Waals surface area contributed by atoms with Crippen molar-refractivity contribution in [3.8, 4) is 0 Å². The van der Waals surface area contributed by atoms with Crippen LogP contribution in [0.15, 0.2) is 0 Å². The number of hydrogen-bond donors (Lipinski definition) is 1. The molecule has 8 heteroatoms. The predicted molar refractivity (Wildman–Crippen MR) is 68.5 cm³/mol. The van der Waals surface area contributed by atoms with E-state index in [1.165, 1.54) is 4.90 Å². The summed E-state index contributed by atoms with van der Waals surface area (Å²) < 4.78 is 5.23. The first kappa shape index (κ1) is 14.4. The van der Waals surface area contributed by atoms with E-state index in [-0.39, 0.29) is 17.2 Å². The number of aromatic nitrogens is 3. The van der Waals surface area contributed by atoms with E-state index in [2.05, 4.69) is 15.0 Å². The Balaban J connectivity index is 2.99. The first-order valence-electron chi connectivity index (χ1n) is 5.40. The van der Waals surface area contributed by atoms with Crippen LogP contribution >= 0.6 is 11.6 Å². The van der Waals surface area contributed by atoms with Crippen LogP contribution in [-0.4, -0.2) is 33.2 Å². The number of nitrogens with two attached hydrogens (primary N) is 1. The zero-order chi connectivity index (χ0) is 13.9. The highest BCUT2D eigenvalue weighted by Crippen LogP contribution is 2.16. The molecule has 7 nitrogen and oxygen atoms in total. The molecule has 0 saturated carbocycles. The largest absolute Gasteiger partial charge is 0.443 e. The molecule has 0 atom stereocenters. The minimum absolute atomic E-state index is 0.0491. The van der Waals surface area contributed by atoms with Crippen LogP contribution in [0.3, 0.4) is 0 Å². The molecule has 1 amide bonds. The molecule has 0 bridgehead atoms. The monoisotopic (exact) mass is 273 g/mol. The molecule has 18 heavy (non-hydrogen) atoms. The molecule has 0 aliphatic carbocycles. The molecular formula is C10H16ClN5O2. The lowest BCUT2D eigenvalue weighted by molar-refractivity contribution is 0.0580. The summed E-state index contributed by atoms with van der Waals surface area (Å²) >= 11 is 5.67. The van der Waals surface area contributed by atoms with Gasteiger partial charge in [0.1, 0.15) is 5.60 Å². The molecule has 2 N–H and O–H groups in total. The van der Waals surface area contributed by atoms with E-state index in [1.54, 1.807) is 27.7 Å². The smallest absolute Gasteiger partial charge is 0.417 e. The van der Waals surface area contributed by atoms with Crippen LogP contribution < -0.4 is 10.6 Å². The molecule has 1 heterocycles. The van der Waals surface area contributed by atoms with Gasteiger partial charge in [-0.2, -0.15) is 15.0 Å². The molecule has 1 rings (SSSR count). The third-order valence-corrected chi connectivity index (χ3v) is 1.95. The number of hydrogen-bond acceptors (Lipinski definition) is 6. The van der Waals surface area contributed by atoms with Crippen molar-refractivity contribution < 1.29 is 9.53 Å². The summed E-state index contributed by atoms with van der Waals surface area (Å²) in [6, 6.07) is 0. The fraction of sp³-hybridized carbons (Fsp3) is 0.600. The molecule has 0 aliphatic heterocycles. The van der Waals surface area contributed by atoms with Gasteiger partial charge in [-0.25, -0.2) is 9.69 Å². The number of ether oxygens (including phenoxy) is 1. The number of nitrogen functional groups attached to an aromatic ring is 1. The zero-order valence-corrected chi connectivity index (χ0v) is 11.5. The second-order valence-electron chi connectivity index (χ2n) is 4.49. The van der Waals surface area contributed by atoms with Crippen molar-refractivity contribution in [2.75, 3.05) is 17.2 Å². The van der Waals surface area contributed by atoms with Gasteiger partial charge in [-0.1, -0.05) is 0 Å². The highest BCUT2D eigenvalue weighted by atomic mass is 35.5. The van der Waals surface area contributed by atoms with Gasteiger partial charge in [0.25, 0.3) is 0 Å². The maximum absolute atomic E-state index is 11.9. The number of nitrogens with zero attached hydrogens (tertiary/aromatic N) is 4. The van der Waals surface area contributed by atoms with Gasteiger partial charge in [-0.15, -0.1) is 0 Å². The Labute approximate surface area is 110 Å². The van der Waals surface area contributed by atoms with Crippen molar-refractivity contribution in [2.24, 2.45) is 0 Å². The number of rotatable bonds is 2. The summed E-state index contributed by atoms with van der Waals surface area (Å²) in [4.78, 5) is 24.5. The average molecular weight is 274 g/mol. The topological polar surface area (TPSA) is 94.2 Å². The summed E-state index contributed by atoms with van der Waals surface area (Å²) in [7, 11) is 0. The molecule has 100 valence electrons. The minimum atomic E-state index is -0.604. The maximum atomic E-state index is 11.9. The third-order valence-electron chi connectivity index (χ3n) is 1.79. The molecule has 1 aromatic rings. The molecule has 0 unspecified atom stereocenters. The lowest BCUT2D eigenvalue weighted by Crippen LogP contribution is -2.38. The fourth-order valence-electron chi connectivity index (χ4n) is 1.14. The SMILES string of the molecule is CCN(C(=O)OC(C)(C)C)c1nc(N)nc(Cl)n1. The quantitative estimate of drug-likeness (QED) is 0.884. The number of anilines is 2. The van der Waals surface area contributed by atoms with E-state index >= 15 is 0 Å². The number of carbonyl (C=O) groups excluding carboxylic acids is 1. The van der Waals surface area contributed by atoms with Gasteiger partial charge in [0, 0.05) is 6.54 Å². The van der Waals surface area contributed by atoms with Crippen LogP contribution in [0.4, 0.5) is 16.7 Å². The summed E-state index contributed by atoms with van der Waals surface area (Å²) in [6.07, 6.45) is -0.563. The van der Waals surface area contributed by atoms with Gasteiger partial charge < -0.3 is 10.5 Å². The fourth-order valence-corrected chi connectivity index (χ4v) is 1.31. The van der Waals surface area contributed by atoms with Crippen molar-refractivity contribution in [1.82, 2.24) is 15.0 Å². The number of amides is 1. The molecule has 0 radical (unpaired) electrons. The molecule has 0 saturated heterocycles. The van der Waals surface area contributed by atoms with E-state index in [1.807, 2.05) is 0 Å². The van der Waals surface area contributed by atoms with Crippen LogP contribution in [0.2, 0.25) is 5.28 Å². The molecule has 0 spiro atoms. The molecule has 1 aromatic heterocycles. The van der Waals surface area contributed by atoms with Crippen LogP contribution in [0.25, 0.3) is 0 Å². The first-order valence-corrected chi connectivity index (χ1v) is 5.78. The second kappa shape index (κ2) is 5.34. The highest BCUT2D eigenvalue weighted by molar-refractivity contribution is 6.28. The van der Waals surface area contributed by atoms with Gasteiger partial charge in [0.05, 0.1) is 0 Å². The molecule has 0 aromatic carbocycles. The van der Waals surface area contributed by atoms with Crippen LogP contribution in [0.1, 0.15) is 27.7 Å². The van der Waals surface area contributed by atoms with Crippen molar-refractivity contribution in [3.05, 3.63) is 5.28 Å². The van der Waals surface area contributed by atoms with E-state index in [9.17, 15) is 4.79 Å². The van der Waals surface area contributed by atoms with Gasteiger partial charge in [0.2, 0.25) is 17.2 Å². The Hall–Kier alpha value is -1.63. The van der Waals surface area contributed by atoms with E-state index < -0.39 is 11.7 Å². The summed E-state index contributed by atoms with van der Waals surface area (Å²) in [5.41, 5.74) is 4.85. The third kappa shape index (κ3) is 3.99. The van der Waals surface area contributed by atoms with Crippen LogP contribution in [0, 0.1) is 0 Å². The van der Waals surface area contributed by atoms with Crippen LogP contribution in [-0.2, 0) is 4.74 Å². The van der Waals surface area contributed by atoms with Gasteiger partial charge in [0.15, 0.2) is 0 Å². The Morgan fingerprint density at radius 2 is 2.00 bits per heavy atom. The average Bonchev–Trinajstić information content (AvgIpc) is 2.13. The van der Waals surface area contributed by atoms with E-state index in [0.29, 0.717) is 6.54 Å². The highest BCUT2D eigenvalue weighted by Gasteiger charge is 2.24. The maximum Gasteiger partial charge on any atom is 0.417 e. The van der Waals surface area contributed by atoms with Crippen molar-refractivity contribution in [2.45, 2.75) is 33.3 Å². The molecule has 0 fully saturated rings. The Morgan fingerprint density at radius 3 is 2.44 bits per heavy atom. The van der Waals surface area contributed by atoms with Crippen LogP contribution in [0.5, 0.6) is 0 Å². The summed E-state index contributed by atoms with van der Waals surface area (Å²) in [6.45, 7) is 7.40. The molecule has 0 aliphatic rings. The Kier molecular flexibility index (Phi) is 4.28. The van der Waals surface area contributed by atoms with E-state index in [0.717, 1.165) is 0 Å². The van der Waals surface area contributed by atoms with Crippen molar-refractivity contribution in [1.29, 1.82) is 0 Å². The molecular weight excluding hydrogens is 258 g/mol. The lowest BCUT2D eigenvalue weighted by Gasteiger charge is -2.25. The van der Waals surface area contributed by atoms with Crippen molar-refractivity contribution in [3.63, 3.8) is 0 Å². The number of halogens is 1. The summed E-state index contributed by atoms with van der Waals surface area (Å²) in [5, 5.41) is -0.0699. The van der Waals surface area contributed by atoms with Gasteiger partial charge in [-0.3, -0.25) is 0 Å². The number of carbonyl (C=O) groups is 1. The Morgan fingerprint density at radius 1 is 1.39 bits per heavy atom. The first-order chi connectivity index (χ1) is 8.23. The zero-order valence-electron chi connectivity index (χ0n) is 10.8. The normalized spacial score (nSPS) is 11.2. The Bertz CT molecular complexity index is 426. The van der Waals surface area contributed by atoms with Gasteiger partial charge >= 0.3 is 6.09 Å².